The summed E-state index contributed by atoms with van der Waals surface area (Å²) in [4.78, 5) is 16.5. The van der Waals surface area contributed by atoms with Crippen LogP contribution >= 0.6 is 0 Å². The van der Waals surface area contributed by atoms with Gasteiger partial charge in [0.1, 0.15) is 30.5 Å². The highest BCUT2D eigenvalue weighted by atomic mass is 16.6. The van der Waals surface area contributed by atoms with Gasteiger partial charge in [-0.25, -0.2) is 9.78 Å². The number of carbonyl (C=O) groups is 1. The third-order valence-corrected chi connectivity index (χ3v) is 3.92. The van der Waals surface area contributed by atoms with Crippen LogP contribution < -0.4 is 30.7 Å². The number of nitrogens with one attached hydrogen (secondary N) is 4. The van der Waals surface area contributed by atoms with Crippen molar-refractivity contribution in [1.82, 2.24) is 19.9 Å². The van der Waals surface area contributed by atoms with Crippen molar-refractivity contribution in [1.29, 1.82) is 0 Å². The molecule has 0 spiro atoms. The number of rotatable bonds is 4. The van der Waals surface area contributed by atoms with E-state index in [9.17, 15) is 4.79 Å². The van der Waals surface area contributed by atoms with Gasteiger partial charge in [-0.3, -0.25) is 0 Å². The van der Waals surface area contributed by atoms with Gasteiger partial charge >= 0.3 is 6.03 Å². The number of urea groups is 1. The number of ether oxygens (including phenoxy) is 2. The summed E-state index contributed by atoms with van der Waals surface area (Å²) in [6, 6.07) is 6.32. The molecule has 0 atom stereocenters. The van der Waals surface area contributed by atoms with Crippen molar-refractivity contribution >= 4 is 34.7 Å². The number of hydrogen-bond donors (Lipinski definition) is 4. The molecule has 27 heavy (non-hydrogen) atoms. The zero-order chi connectivity index (χ0) is 21.3. The zero-order valence-electron chi connectivity index (χ0n) is 17.4. The Hall–Kier alpha value is -3.69. The van der Waals surface area contributed by atoms with Gasteiger partial charge in [-0.15, -0.1) is 0 Å². The summed E-state index contributed by atoms with van der Waals surface area (Å²) in [5.41, 5.74) is 1.22. The molecular formula is C17H19N7O3. The second-order valence-corrected chi connectivity index (χ2v) is 5.60. The van der Waals surface area contributed by atoms with Gasteiger partial charge in [0.15, 0.2) is 17.1 Å². The number of benzene rings is 1. The van der Waals surface area contributed by atoms with Gasteiger partial charge in [-0.1, -0.05) is 6.07 Å². The van der Waals surface area contributed by atoms with E-state index in [0.29, 0.717) is 47.7 Å². The van der Waals surface area contributed by atoms with E-state index in [1.54, 1.807) is 13.1 Å². The summed E-state index contributed by atoms with van der Waals surface area (Å²) in [6.07, 6.45) is 1.38. The molecule has 4 N–H and O–H groups in total. The molecule has 0 bridgehead atoms. The van der Waals surface area contributed by atoms with E-state index in [4.69, 9.17) is 13.6 Å². The van der Waals surface area contributed by atoms with E-state index in [1.165, 1.54) is 10.7 Å². The number of aromatic nitrogens is 3. The lowest BCUT2D eigenvalue weighted by atomic mass is 10.2. The minimum absolute atomic E-state index is 0.242. The summed E-state index contributed by atoms with van der Waals surface area (Å²) in [7, 11) is 1.72. The van der Waals surface area contributed by atoms with Gasteiger partial charge in [0.25, 0.3) is 0 Å². The Labute approximate surface area is 159 Å². The normalized spacial score (nSPS) is 14.6. The molecule has 4 rings (SSSR count). The van der Waals surface area contributed by atoms with Crippen LogP contribution in [0.25, 0.3) is 5.65 Å². The quantitative estimate of drug-likeness (QED) is 0.554. The average molecular weight is 372 g/mol. The molecule has 140 valence electrons. The maximum atomic E-state index is 12.0. The lowest BCUT2D eigenvalue weighted by Crippen LogP contribution is -2.24. The molecule has 2 amide bonds. The van der Waals surface area contributed by atoms with Crippen LogP contribution in [0, 0.1) is 0 Å². The summed E-state index contributed by atoms with van der Waals surface area (Å²) in [5, 5.41) is 14.7. The number of anilines is 4. The summed E-state index contributed by atoms with van der Waals surface area (Å²) in [5.74, 6) is 2.26. The van der Waals surface area contributed by atoms with Gasteiger partial charge in [-0.05, 0) is 12.1 Å². The lowest BCUT2D eigenvalue weighted by molar-refractivity contribution is 0.172. The van der Waals surface area contributed by atoms with E-state index >= 15 is 0 Å². The van der Waals surface area contributed by atoms with Gasteiger partial charge in [0.2, 0.25) is 0 Å². The maximum absolute atomic E-state index is 12.0. The molecule has 2 aromatic heterocycles. The van der Waals surface area contributed by atoms with Crippen LogP contribution in [0.15, 0.2) is 30.5 Å². The van der Waals surface area contributed by atoms with Gasteiger partial charge in [0.05, 0.1) is 11.9 Å². The Balaban J connectivity index is 1.67. The lowest BCUT2D eigenvalue weighted by Gasteiger charge is -2.21. The molecule has 0 fully saturated rings. The van der Waals surface area contributed by atoms with Crippen molar-refractivity contribution < 1.29 is 18.4 Å². The Morgan fingerprint density at radius 2 is 2.19 bits per heavy atom. The molecule has 1 aromatic carbocycles. The molecule has 1 aliphatic heterocycles. The van der Waals surface area contributed by atoms with Crippen LogP contribution in [0.5, 0.6) is 11.5 Å². The predicted molar refractivity (Wildman–Crippen MR) is 101 cm³/mol. The monoisotopic (exact) mass is 372 g/mol. The molecule has 10 heteroatoms. The van der Waals surface area contributed by atoms with E-state index in [1.807, 2.05) is 23.5 Å². The van der Waals surface area contributed by atoms with Crippen molar-refractivity contribution in [2.45, 2.75) is 0 Å². The Morgan fingerprint density at radius 3 is 3.04 bits per heavy atom. The van der Waals surface area contributed by atoms with Crippen LogP contribution in [-0.2, 0) is 0 Å². The molecule has 0 saturated heterocycles. The Kier molecular flexibility index (Phi) is 3.45. The van der Waals surface area contributed by atoms with Gasteiger partial charge < -0.3 is 30.7 Å². The largest absolute Gasteiger partial charge is 0.486 e. The molecular weight excluding hydrogens is 350 g/mol. The van der Waals surface area contributed by atoms with Crippen molar-refractivity contribution in [3.63, 3.8) is 0 Å². The number of amides is 2. The fraction of sp³-hybridized carbons (Fsp3) is 0.235. The highest BCUT2D eigenvalue weighted by Gasteiger charge is 2.17. The van der Waals surface area contributed by atoms with E-state index in [0.717, 1.165) is 0 Å². The van der Waals surface area contributed by atoms with Crippen LogP contribution in [0.4, 0.5) is 27.8 Å². The minimum Gasteiger partial charge on any atom is -0.486 e. The fourth-order valence-electron chi connectivity index (χ4n) is 2.76. The molecule has 1 aliphatic rings. The molecule has 0 aliphatic carbocycles. The molecule has 3 aromatic rings. The highest BCUT2D eigenvalue weighted by Crippen LogP contribution is 2.38. The SMILES string of the molecule is [2H]C([2H])([2H])NC(=O)Nc1cnn2c(NC)cc(Nc3cccc4c3OCCO4)nc12. The predicted octanol–water partition coefficient (Wildman–Crippen LogP) is 2.04. The molecule has 0 radical (unpaired) electrons. The average Bonchev–Trinajstić information content (AvgIpc) is 3.09. The summed E-state index contributed by atoms with van der Waals surface area (Å²) in [6.45, 7) is -1.69. The standard InChI is InChI=1S/C17H19N7O3/c1-18-14-8-13(21-10-4-3-5-12-15(10)27-7-6-26-12)23-16-11(9-20-24(14)16)22-17(25)19-2/h3-5,8-9,18H,6-7H2,1-2H3,(H,21,23)(H2,19,22,25)/i2D3. The topological polar surface area (TPSA) is 114 Å². The molecule has 10 nitrogen and oxygen atoms in total. The van der Waals surface area contributed by atoms with Crippen LogP contribution in [0.3, 0.4) is 0 Å². The molecule has 0 saturated carbocycles. The van der Waals surface area contributed by atoms with E-state index < -0.39 is 13.0 Å². The zero-order valence-corrected chi connectivity index (χ0v) is 14.4. The molecule has 3 heterocycles. The van der Waals surface area contributed by atoms with Gasteiger partial charge in [0, 0.05) is 24.2 Å². The van der Waals surface area contributed by atoms with Crippen LogP contribution in [0.2, 0.25) is 0 Å². The van der Waals surface area contributed by atoms with Crippen molar-refractivity contribution in [3.8, 4) is 11.5 Å². The second-order valence-electron chi connectivity index (χ2n) is 5.60. The van der Waals surface area contributed by atoms with Crippen molar-refractivity contribution in [2.75, 3.05) is 43.2 Å². The smallest absolute Gasteiger partial charge is 0.319 e. The van der Waals surface area contributed by atoms with Crippen LogP contribution in [-0.4, -0.2) is 47.9 Å². The van der Waals surface area contributed by atoms with Crippen LogP contribution in [0.1, 0.15) is 4.11 Å². The first-order valence-corrected chi connectivity index (χ1v) is 8.15. The third-order valence-electron chi connectivity index (χ3n) is 3.92. The van der Waals surface area contributed by atoms with Crippen molar-refractivity contribution in [3.05, 3.63) is 30.5 Å². The Morgan fingerprint density at radius 1 is 1.30 bits per heavy atom. The van der Waals surface area contributed by atoms with E-state index in [-0.39, 0.29) is 5.69 Å². The Bertz CT molecular complexity index is 1100. The fourth-order valence-corrected chi connectivity index (χ4v) is 2.76. The number of carbonyl (C=O) groups excluding carboxylic acids is 1. The van der Waals surface area contributed by atoms with Crippen molar-refractivity contribution in [2.24, 2.45) is 0 Å². The highest BCUT2D eigenvalue weighted by molar-refractivity contribution is 5.93. The summed E-state index contributed by atoms with van der Waals surface area (Å²) < 4.78 is 34.2. The number of hydrogen-bond acceptors (Lipinski definition) is 7. The second kappa shape index (κ2) is 6.90. The van der Waals surface area contributed by atoms with E-state index in [2.05, 4.69) is 26.0 Å². The minimum atomic E-state index is -2.61. The molecule has 0 unspecified atom stereocenters. The number of para-hydroxylation sites is 1. The number of nitrogens with zero attached hydrogens (tertiary/aromatic N) is 3. The first kappa shape index (κ1) is 13.5. The van der Waals surface area contributed by atoms with Gasteiger partial charge in [-0.2, -0.15) is 9.61 Å². The first-order valence-electron chi connectivity index (χ1n) is 9.65. The third kappa shape index (κ3) is 3.12. The first-order chi connectivity index (χ1) is 14.3. The summed E-state index contributed by atoms with van der Waals surface area (Å²) >= 11 is 0. The maximum Gasteiger partial charge on any atom is 0.319 e. The number of fused-ring (bicyclic) bond motifs is 2.